The third-order valence-corrected chi connectivity index (χ3v) is 5.46. The van der Waals surface area contributed by atoms with E-state index in [0.717, 1.165) is 11.8 Å². The molecule has 1 heterocycles. The number of aromatic hydroxyl groups is 1. The summed E-state index contributed by atoms with van der Waals surface area (Å²) >= 11 is 1.10. The average Bonchev–Trinajstić information content (AvgIpc) is 3.14. The number of amides is 2. The lowest BCUT2D eigenvalue weighted by Gasteiger charge is -2.08. The number of ether oxygens (including phenoxy) is 2. The molecule has 2 aromatic carbocycles. The quantitative estimate of drug-likeness (QED) is 0.306. The highest BCUT2D eigenvalue weighted by Gasteiger charge is 2.32. The number of hydrogen-bond acceptors (Lipinski definition) is 9. The van der Waals surface area contributed by atoms with Crippen molar-refractivity contribution in [3.8, 4) is 11.5 Å². The predicted octanol–water partition coefficient (Wildman–Crippen LogP) is 2.53. The van der Waals surface area contributed by atoms with Gasteiger partial charge in [-0.05, 0) is 55.0 Å². The maximum absolute atomic E-state index is 12.3. The molecular formula is C22H22N4O6S. The smallest absolute Gasteiger partial charge is 0.338 e. The maximum Gasteiger partial charge on any atom is 0.338 e. The molecule has 11 heteroatoms. The summed E-state index contributed by atoms with van der Waals surface area (Å²) in [6, 6.07) is 11.0. The highest BCUT2D eigenvalue weighted by molar-refractivity contribution is 8.15. The van der Waals surface area contributed by atoms with E-state index in [9.17, 15) is 19.5 Å². The standard InChI is InChI=1S/C22H22N4O6S/c1-3-32-21(30)14-5-7-15(8-6-14)24-19(28)11-18-20(29)25-22(33-18)26-23-12-13-4-9-16(27)17(10-13)31-2/h4-10,12,18,27H,3,11H2,1-2H3,(H,24,28)(H,25,26,29)/t18-/m1/s1. The largest absolute Gasteiger partial charge is 0.504 e. The second kappa shape index (κ2) is 11.1. The molecule has 172 valence electrons. The Labute approximate surface area is 194 Å². The van der Waals surface area contributed by atoms with Crippen molar-refractivity contribution in [1.82, 2.24) is 5.32 Å². The Balaban J connectivity index is 1.53. The summed E-state index contributed by atoms with van der Waals surface area (Å²) < 4.78 is 9.95. The van der Waals surface area contributed by atoms with Crippen LogP contribution in [-0.4, -0.2) is 53.2 Å². The molecule has 2 aromatic rings. The van der Waals surface area contributed by atoms with Gasteiger partial charge in [-0.2, -0.15) is 5.10 Å². The molecule has 0 aromatic heterocycles. The number of thioether (sulfide) groups is 1. The summed E-state index contributed by atoms with van der Waals surface area (Å²) in [6.07, 6.45) is 1.38. The van der Waals surface area contributed by atoms with Gasteiger partial charge in [0.25, 0.3) is 0 Å². The second-order valence-corrected chi connectivity index (χ2v) is 7.92. The molecule has 1 atom stereocenters. The van der Waals surface area contributed by atoms with E-state index in [0.29, 0.717) is 22.6 Å². The van der Waals surface area contributed by atoms with E-state index >= 15 is 0 Å². The van der Waals surface area contributed by atoms with Gasteiger partial charge in [0.2, 0.25) is 11.8 Å². The summed E-state index contributed by atoms with van der Waals surface area (Å²) in [5, 5.41) is 22.4. The average molecular weight is 471 g/mol. The Bertz CT molecular complexity index is 1100. The SMILES string of the molecule is CCOC(=O)c1ccc(NC(=O)C[C@H]2SC(=NN=Cc3ccc(O)c(OC)c3)NC2=O)cc1. The van der Waals surface area contributed by atoms with Crippen LogP contribution in [0.5, 0.6) is 11.5 Å². The second-order valence-electron chi connectivity index (χ2n) is 6.73. The van der Waals surface area contributed by atoms with Crippen LogP contribution in [0.2, 0.25) is 0 Å². The Morgan fingerprint density at radius 2 is 2.00 bits per heavy atom. The van der Waals surface area contributed by atoms with Gasteiger partial charge in [-0.25, -0.2) is 4.79 Å². The van der Waals surface area contributed by atoms with Crippen LogP contribution in [0.4, 0.5) is 5.69 Å². The van der Waals surface area contributed by atoms with Crippen LogP contribution in [0.15, 0.2) is 52.7 Å². The monoisotopic (exact) mass is 470 g/mol. The fourth-order valence-corrected chi connectivity index (χ4v) is 3.72. The first-order chi connectivity index (χ1) is 15.9. The number of anilines is 1. The van der Waals surface area contributed by atoms with Crippen molar-refractivity contribution in [3.05, 3.63) is 53.6 Å². The van der Waals surface area contributed by atoms with Crippen LogP contribution in [-0.2, 0) is 14.3 Å². The minimum Gasteiger partial charge on any atom is -0.504 e. The first-order valence-corrected chi connectivity index (χ1v) is 10.8. The molecular weight excluding hydrogens is 448 g/mol. The van der Waals surface area contributed by atoms with Crippen molar-refractivity contribution >= 4 is 46.6 Å². The van der Waals surface area contributed by atoms with E-state index in [-0.39, 0.29) is 35.8 Å². The van der Waals surface area contributed by atoms with Crippen LogP contribution in [0.1, 0.15) is 29.3 Å². The summed E-state index contributed by atoms with van der Waals surface area (Å²) in [4.78, 5) is 36.2. The minimum absolute atomic E-state index is 0.00985. The zero-order valence-corrected chi connectivity index (χ0v) is 18.7. The minimum atomic E-state index is -0.647. The van der Waals surface area contributed by atoms with Crippen molar-refractivity contribution in [3.63, 3.8) is 0 Å². The molecule has 1 saturated heterocycles. The Morgan fingerprint density at radius 1 is 1.24 bits per heavy atom. The van der Waals surface area contributed by atoms with Gasteiger partial charge in [-0.3, -0.25) is 9.59 Å². The number of carbonyl (C=O) groups is 3. The molecule has 1 fully saturated rings. The number of nitrogens with one attached hydrogen (secondary N) is 2. The number of benzene rings is 2. The van der Waals surface area contributed by atoms with Gasteiger partial charge in [0, 0.05) is 12.1 Å². The van der Waals surface area contributed by atoms with Crippen molar-refractivity contribution < 1.29 is 29.0 Å². The van der Waals surface area contributed by atoms with Gasteiger partial charge in [0.15, 0.2) is 16.7 Å². The highest BCUT2D eigenvalue weighted by atomic mass is 32.2. The van der Waals surface area contributed by atoms with E-state index in [1.807, 2.05) is 0 Å². The van der Waals surface area contributed by atoms with Gasteiger partial charge < -0.3 is 25.2 Å². The third-order valence-electron chi connectivity index (χ3n) is 4.39. The van der Waals surface area contributed by atoms with Gasteiger partial charge in [0.1, 0.15) is 5.25 Å². The zero-order chi connectivity index (χ0) is 23.8. The van der Waals surface area contributed by atoms with Crippen LogP contribution < -0.4 is 15.4 Å². The lowest BCUT2D eigenvalue weighted by Crippen LogP contribution is -2.28. The Kier molecular flexibility index (Phi) is 8.03. The maximum atomic E-state index is 12.3. The van der Waals surface area contributed by atoms with E-state index in [2.05, 4.69) is 20.8 Å². The van der Waals surface area contributed by atoms with Gasteiger partial charge in [-0.1, -0.05) is 11.8 Å². The molecule has 3 rings (SSSR count). The van der Waals surface area contributed by atoms with E-state index in [1.54, 1.807) is 43.3 Å². The number of rotatable bonds is 8. The fraction of sp³-hybridized carbons (Fsp3) is 0.227. The van der Waals surface area contributed by atoms with Gasteiger partial charge in [0.05, 0.1) is 25.5 Å². The zero-order valence-electron chi connectivity index (χ0n) is 17.9. The van der Waals surface area contributed by atoms with Crippen molar-refractivity contribution in [2.24, 2.45) is 10.2 Å². The molecule has 0 saturated carbocycles. The first-order valence-electron chi connectivity index (χ1n) is 9.92. The molecule has 1 aliphatic heterocycles. The topological polar surface area (TPSA) is 139 Å². The number of nitrogens with zero attached hydrogens (tertiary/aromatic N) is 2. The molecule has 33 heavy (non-hydrogen) atoms. The van der Waals surface area contributed by atoms with Crippen LogP contribution in [0, 0.1) is 0 Å². The normalized spacial score (nSPS) is 16.6. The number of carbonyl (C=O) groups excluding carboxylic acids is 3. The predicted molar refractivity (Wildman–Crippen MR) is 125 cm³/mol. The van der Waals surface area contributed by atoms with Gasteiger partial charge in [-0.15, -0.1) is 5.10 Å². The summed E-state index contributed by atoms with van der Waals surface area (Å²) in [5.41, 5.74) is 1.53. The number of amidine groups is 1. The molecule has 2 amide bonds. The number of esters is 1. The highest BCUT2D eigenvalue weighted by Crippen LogP contribution is 2.26. The van der Waals surface area contributed by atoms with Crippen molar-refractivity contribution in [2.45, 2.75) is 18.6 Å². The fourth-order valence-electron chi connectivity index (χ4n) is 2.79. The number of methoxy groups -OCH3 is 1. The van der Waals surface area contributed by atoms with Crippen molar-refractivity contribution in [1.29, 1.82) is 0 Å². The Morgan fingerprint density at radius 3 is 2.70 bits per heavy atom. The molecule has 0 radical (unpaired) electrons. The number of phenolic OH excluding ortho intramolecular Hbond substituents is 1. The first kappa shape index (κ1) is 23.8. The lowest BCUT2D eigenvalue weighted by atomic mass is 10.2. The van der Waals surface area contributed by atoms with E-state index < -0.39 is 11.2 Å². The Hall–Kier alpha value is -3.86. The number of hydrogen-bond donors (Lipinski definition) is 3. The third kappa shape index (κ3) is 6.56. The van der Waals surface area contributed by atoms with E-state index in [1.165, 1.54) is 19.4 Å². The lowest BCUT2D eigenvalue weighted by molar-refractivity contribution is -0.122. The summed E-state index contributed by atoms with van der Waals surface area (Å²) in [6.45, 7) is 2.00. The van der Waals surface area contributed by atoms with Crippen LogP contribution in [0.3, 0.4) is 0 Å². The molecule has 0 aliphatic carbocycles. The molecule has 0 bridgehead atoms. The molecule has 3 N–H and O–H groups in total. The van der Waals surface area contributed by atoms with Crippen molar-refractivity contribution in [2.75, 3.05) is 19.0 Å². The molecule has 0 spiro atoms. The van der Waals surface area contributed by atoms with Crippen LogP contribution >= 0.6 is 11.8 Å². The summed E-state index contributed by atoms with van der Waals surface area (Å²) in [5.74, 6) is -0.818. The van der Waals surface area contributed by atoms with E-state index in [4.69, 9.17) is 9.47 Å². The summed E-state index contributed by atoms with van der Waals surface area (Å²) in [7, 11) is 1.44. The molecule has 0 unspecified atom stereocenters. The molecule has 1 aliphatic rings. The van der Waals surface area contributed by atoms with Gasteiger partial charge >= 0.3 is 5.97 Å². The molecule has 10 nitrogen and oxygen atoms in total. The van der Waals surface area contributed by atoms with Crippen LogP contribution in [0.25, 0.3) is 0 Å². The number of phenols is 1.